The van der Waals surface area contributed by atoms with Crippen molar-refractivity contribution in [3.8, 4) is 12.3 Å². The summed E-state index contributed by atoms with van der Waals surface area (Å²) in [5.41, 5.74) is 0.437. The Morgan fingerprint density at radius 3 is 2.63 bits per heavy atom. The molecule has 7 heteroatoms. The van der Waals surface area contributed by atoms with Gasteiger partial charge in [-0.25, -0.2) is 4.90 Å². The Balaban J connectivity index is 1.68. The number of carbonyl (C=O) groups excluding carboxylic acids is 3. The summed E-state index contributed by atoms with van der Waals surface area (Å²) in [4.78, 5) is 43.4. The van der Waals surface area contributed by atoms with E-state index in [1.807, 2.05) is 31.2 Å². The second-order valence-corrected chi connectivity index (χ2v) is 8.29. The summed E-state index contributed by atoms with van der Waals surface area (Å²) in [7, 11) is 0. The number of imide groups is 1. The molecule has 2 saturated heterocycles. The fraction of sp³-hybridized carbons (Fsp3) is 0.261. The van der Waals surface area contributed by atoms with E-state index >= 15 is 0 Å². The SMILES string of the molecule is C#CCN1C(=O)[C@]2(N[C@H](C)[C@@H]3C(=O)N(c4cccc(Cl)c4)C(=O)[C@@H]32)c2ccccc21. The largest absolute Gasteiger partial charge is 0.298 e. The maximum Gasteiger partial charge on any atom is 0.253 e. The first-order chi connectivity index (χ1) is 14.4. The molecule has 2 fully saturated rings. The van der Waals surface area contributed by atoms with Crippen LogP contribution in [0, 0.1) is 24.2 Å². The third kappa shape index (κ3) is 2.22. The van der Waals surface area contributed by atoms with E-state index in [0.717, 1.165) is 0 Å². The first kappa shape index (κ1) is 18.9. The van der Waals surface area contributed by atoms with Crippen LogP contribution in [-0.4, -0.2) is 30.3 Å². The van der Waals surface area contributed by atoms with Crippen molar-refractivity contribution >= 4 is 40.7 Å². The summed E-state index contributed by atoms with van der Waals surface area (Å²) < 4.78 is 0. The van der Waals surface area contributed by atoms with Gasteiger partial charge in [-0.3, -0.25) is 24.6 Å². The molecule has 1 N–H and O–H groups in total. The number of amides is 3. The number of carbonyl (C=O) groups is 3. The smallest absolute Gasteiger partial charge is 0.253 e. The highest BCUT2D eigenvalue weighted by Gasteiger charge is 2.71. The van der Waals surface area contributed by atoms with E-state index in [9.17, 15) is 14.4 Å². The van der Waals surface area contributed by atoms with Crippen molar-refractivity contribution < 1.29 is 14.4 Å². The second-order valence-electron chi connectivity index (χ2n) is 7.85. The summed E-state index contributed by atoms with van der Waals surface area (Å²) >= 11 is 6.09. The van der Waals surface area contributed by atoms with Gasteiger partial charge in [0.05, 0.1) is 29.8 Å². The topological polar surface area (TPSA) is 69.7 Å². The van der Waals surface area contributed by atoms with Crippen molar-refractivity contribution in [2.45, 2.75) is 18.5 Å². The molecule has 1 spiro atoms. The number of hydrogen-bond donors (Lipinski definition) is 1. The molecule has 0 aromatic heterocycles. The van der Waals surface area contributed by atoms with Crippen LogP contribution in [0.25, 0.3) is 0 Å². The summed E-state index contributed by atoms with van der Waals surface area (Å²) in [6.07, 6.45) is 5.50. The van der Waals surface area contributed by atoms with E-state index < -0.39 is 23.3 Å². The molecule has 0 unspecified atom stereocenters. The lowest BCUT2D eigenvalue weighted by atomic mass is 9.76. The van der Waals surface area contributed by atoms with Crippen molar-refractivity contribution in [2.24, 2.45) is 11.8 Å². The fourth-order valence-corrected chi connectivity index (χ4v) is 5.41. The molecule has 3 amide bonds. The van der Waals surface area contributed by atoms with Crippen LogP contribution in [0.1, 0.15) is 12.5 Å². The summed E-state index contributed by atoms with van der Waals surface area (Å²) in [6, 6.07) is 13.5. The molecule has 0 aliphatic carbocycles. The molecule has 3 aliphatic rings. The molecular formula is C23H18ClN3O3. The number of halogens is 1. The van der Waals surface area contributed by atoms with Gasteiger partial charge in [-0.05, 0) is 31.2 Å². The van der Waals surface area contributed by atoms with E-state index in [2.05, 4.69) is 11.2 Å². The average Bonchev–Trinajstić information content (AvgIpc) is 3.27. The van der Waals surface area contributed by atoms with E-state index in [1.165, 1.54) is 9.80 Å². The zero-order valence-corrected chi connectivity index (χ0v) is 16.9. The van der Waals surface area contributed by atoms with Gasteiger partial charge in [0.1, 0.15) is 5.54 Å². The van der Waals surface area contributed by atoms with E-state index in [1.54, 1.807) is 24.3 Å². The normalized spacial score (nSPS) is 29.5. The number of nitrogens with one attached hydrogen (secondary N) is 1. The van der Waals surface area contributed by atoms with Crippen LogP contribution in [0.5, 0.6) is 0 Å². The van der Waals surface area contributed by atoms with Crippen LogP contribution >= 0.6 is 11.6 Å². The fourth-order valence-electron chi connectivity index (χ4n) is 5.23. The van der Waals surface area contributed by atoms with Gasteiger partial charge in [-0.1, -0.05) is 41.8 Å². The second kappa shape index (κ2) is 6.43. The zero-order chi connectivity index (χ0) is 21.2. The molecule has 0 saturated carbocycles. The Morgan fingerprint density at radius 1 is 1.13 bits per heavy atom. The standard InChI is InChI=1S/C23H18ClN3O3/c1-3-11-26-17-10-5-4-9-16(17)23(22(26)30)19-18(13(2)25-23)20(28)27(21(19)29)15-8-6-7-14(24)12-15/h1,4-10,12-13,18-19,25H,11H2,2H3/t13-,18+,19-,23+/m1/s1. The van der Waals surface area contributed by atoms with Gasteiger partial charge in [0.15, 0.2) is 0 Å². The Hall–Kier alpha value is -3.14. The van der Waals surface area contributed by atoms with Gasteiger partial charge in [0.2, 0.25) is 11.8 Å². The van der Waals surface area contributed by atoms with Crippen LogP contribution < -0.4 is 15.1 Å². The van der Waals surface area contributed by atoms with Gasteiger partial charge in [-0.2, -0.15) is 0 Å². The van der Waals surface area contributed by atoms with Crippen LogP contribution in [0.3, 0.4) is 0 Å². The highest BCUT2D eigenvalue weighted by atomic mass is 35.5. The predicted octanol–water partition coefficient (Wildman–Crippen LogP) is 2.31. The molecule has 0 bridgehead atoms. The number of anilines is 2. The lowest BCUT2D eigenvalue weighted by molar-refractivity contribution is -0.132. The molecule has 3 heterocycles. The predicted molar refractivity (Wildman–Crippen MR) is 113 cm³/mol. The minimum atomic E-state index is -1.32. The molecule has 30 heavy (non-hydrogen) atoms. The van der Waals surface area contributed by atoms with Gasteiger partial charge in [0.25, 0.3) is 5.91 Å². The monoisotopic (exact) mass is 419 g/mol. The highest BCUT2D eigenvalue weighted by molar-refractivity contribution is 6.31. The number of hydrogen-bond acceptors (Lipinski definition) is 4. The van der Waals surface area contributed by atoms with E-state index in [-0.39, 0.29) is 24.4 Å². The minimum absolute atomic E-state index is 0.0885. The van der Waals surface area contributed by atoms with Crippen molar-refractivity contribution in [3.05, 3.63) is 59.1 Å². The van der Waals surface area contributed by atoms with Gasteiger partial charge in [-0.15, -0.1) is 6.42 Å². The van der Waals surface area contributed by atoms with E-state index in [0.29, 0.717) is 22.0 Å². The number of nitrogens with zero attached hydrogens (tertiary/aromatic N) is 2. The zero-order valence-electron chi connectivity index (χ0n) is 16.1. The molecule has 6 nitrogen and oxygen atoms in total. The third-order valence-electron chi connectivity index (χ3n) is 6.33. The summed E-state index contributed by atoms with van der Waals surface area (Å²) in [6.45, 7) is 1.92. The summed E-state index contributed by atoms with van der Waals surface area (Å²) in [5, 5.41) is 3.74. The first-order valence-corrected chi connectivity index (χ1v) is 10.1. The molecule has 3 aliphatic heterocycles. The van der Waals surface area contributed by atoms with Gasteiger partial charge in [0, 0.05) is 16.6 Å². The van der Waals surface area contributed by atoms with Crippen LogP contribution in [0.2, 0.25) is 5.02 Å². The third-order valence-corrected chi connectivity index (χ3v) is 6.56. The number of fused-ring (bicyclic) bond motifs is 4. The lowest BCUT2D eigenvalue weighted by Crippen LogP contribution is -2.55. The Kier molecular flexibility index (Phi) is 4.04. The van der Waals surface area contributed by atoms with Gasteiger partial charge >= 0.3 is 0 Å². The highest BCUT2D eigenvalue weighted by Crippen LogP contribution is 2.54. The Morgan fingerprint density at radius 2 is 1.90 bits per heavy atom. The average molecular weight is 420 g/mol. The quantitative estimate of drug-likeness (QED) is 0.599. The summed E-state index contributed by atoms with van der Waals surface area (Å²) in [5.74, 6) is -0.0459. The molecule has 4 atom stereocenters. The number of benzene rings is 2. The van der Waals surface area contributed by atoms with E-state index in [4.69, 9.17) is 18.0 Å². The van der Waals surface area contributed by atoms with Gasteiger partial charge < -0.3 is 0 Å². The molecule has 150 valence electrons. The van der Waals surface area contributed by atoms with Crippen LogP contribution in [-0.2, 0) is 19.9 Å². The Bertz CT molecular complexity index is 1160. The van der Waals surface area contributed by atoms with Crippen molar-refractivity contribution in [2.75, 3.05) is 16.3 Å². The van der Waals surface area contributed by atoms with Crippen LogP contribution in [0.15, 0.2) is 48.5 Å². The van der Waals surface area contributed by atoms with Crippen molar-refractivity contribution in [1.82, 2.24) is 5.32 Å². The number of rotatable bonds is 2. The molecule has 2 aromatic carbocycles. The minimum Gasteiger partial charge on any atom is -0.298 e. The maximum atomic E-state index is 13.7. The van der Waals surface area contributed by atoms with Crippen LogP contribution in [0.4, 0.5) is 11.4 Å². The maximum absolute atomic E-state index is 13.7. The molecular weight excluding hydrogens is 402 g/mol. The van der Waals surface area contributed by atoms with Crippen molar-refractivity contribution in [1.29, 1.82) is 0 Å². The molecule has 2 aromatic rings. The first-order valence-electron chi connectivity index (χ1n) is 9.68. The van der Waals surface area contributed by atoms with Crippen molar-refractivity contribution in [3.63, 3.8) is 0 Å². The lowest BCUT2D eigenvalue weighted by Gasteiger charge is -2.30. The number of terminal acetylenes is 1. The number of para-hydroxylation sites is 1. The molecule has 0 radical (unpaired) electrons. The molecule has 5 rings (SSSR count). The Labute approximate surface area is 178 Å².